The van der Waals surface area contributed by atoms with Crippen LogP contribution in [0.1, 0.15) is 33.6 Å². The molecule has 3 heteroatoms. The summed E-state index contributed by atoms with van der Waals surface area (Å²) in [5, 5.41) is 3.45. The third-order valence-electron chi connectivity index (χ3n) is 5.95. The molecular formula is C17H23NO2. The number of benzene rings is 1. The topological polar surface area (TPSA) is 38.3 Å². The van der Waals surface area contributed by atoms with E-state index in [1.54, 1.807) is 7.11 Å². The van der Waals surface area contributed by atoms with Crippen LogP contribution in [0.4, 0.5) is 5.69 Å². The van der Waals surface area contributed by atoms with Crippen LogP contribution in [0.3, 0.4) is 0 Å². The van der Waals surface area contributed by atoms with Crippen LogP contribution >= 0.6 is 0 Å². The molecular weight excluding hydrogens is 250 g/mol. The van der Waals surface area contributed by atoms with Crippen molar-refractivity contribution in [2.45, 2.75) is 39.7 Å². The molecule has 1 N–H and O–H groups in total. The first-order chi connectivity index (χ1) is 9.40. The number of hydrogen-bond donors (Lipinski definition) is 1. The third-order valence-corrected chi connectivity index (χ3v) is 5.95. The number of nitrogens with one attached hydrogen (secondary N) is 1. The monoisotopic (exact) mass is 273 g/mol. The Bertz CT molecular complexity index is 534. The van der Waals surface area contributed by atoms with E-state index in [1.165, 1.54) is 0 Å². The lowest BCUT2D eigenvalue weighted by molar-refractivity contribution is -0.128. The van der Waals surface area contributed by atoms with Gasteiger partial charge in [-0.1, -0.05) is 20.8 Å². The molecule has 0 amide bonds. The van der Waals surface area contributed by atoms with Gasteiger partial charge in [0, 0.05) is 11.1 Å². The second-order valence-electron chi connectivity index (χ2n) is 6.91. The fourth-order valence-electron chi connectivity index (χ4n) is 4.12. The standard InChI is InChI=1S/C17H23NO2/c1-16(2)13-9-10-17(16,3)15(19)14(13)18-11-5-7-12(20-4)8-6-11/h5-8,13-14,18H,9-10H2,1-4H3. The Morgan fingerprint density at radius 3 is 2.35 bits per heavy atom. The first kappa shape index (κ1) is 13.5. The van der Waals surface area contributed by atoms with Gasteiger partial charge in [0.2, 0.25) is 0 Å². The second kappa shape index (κ2) is 4.24. The lowest BCUT2D eigenvalue weighted by Gasteiger charge is -2.32. The van der Waals surface area contributed by atoms with Crippen molar-refractivity contribution in [1.29, 1.82) is 0 Å². The van der Waals surface area contributed by atoms with Crippen molar-refractivity contribution in [2.75, 3.05) is 12.4 Å². The Morgan fingerprint density at radius 2 is 1.85 bits per heavy atom. The molecule has 2 saturated carbocycles. The van der Waals surface area contributed by atoms with Gasteiger partial charge < -0.3 is 10.1 Å². The average molecular weight is 273 g/mol. The van der Waals surface area contributed by atoms with Gasteiger partial charge in [0.1, 0.15) is 5.75 Å². The maximum atomic E-state index is 12.7. The number of rotatable bonds is 3. The molecule has 0 aromatic heterocycles. The van der Waals surface area contributed by atoms with E-state index in [1.807, 2.05) is 24.3 Å². The summed E-state index contributed by atoms with van der Waals surface area (Å²) in [5.41, 5.74) is 0.923. The zero-order valence-electron chi connectivity index (χ0n) is 12.7. The highest BCUT2D eigenvalue weighted by Crippen LogP contribution is 2.63. The number of hydrogen-bond acceptors (Lipinski definition) is 3. The number of fused-ring (bicyclic) bond motifs is 2. The predicted octanol–water partition coefficient (Wildman–Crippen LogP) is 3.50. The molecule has 2 fully saturated rings. The van der Waals surface area contributed by atoms with Crippen LogP contribution in [0, 0.1) is 16.7 Å². The SMILES string of the molecule is COc1ccc(NC2C(=O)C3(C)CCC2C3(C)C)cc1. The molecule has 3 rings (SSSR count). The number of ketones is 1. The summed E-state index contributed by atoms with van der Waals surface area (Å²) in [6, 6.07) is 7.76. The molecule has 2 aliphatic rings. The minimum absolute atomic E-state index is 0.0443. The van der Waals surface area contributed by atoms with Crippen LogP contribution < -0.4 is 10.1 Å². The van der Waals surface area contributed by atoms with Gasteiger partial charge >= 0.3 is 0 Å². The number of carbonyl (C=O) groups is 1. The third kappa shape index (κ3) is 1.62. The Kier molecular flexibility index (Phi) is 2.86. The predicted molar refractivity (Wildman–Crippen MR) is 80.0 cm³/mol. The molecule has 3 unspecified atom stereocenters. The molecule has 20 heavy (non-hydrogen) atoms. The highest BCUT2D eigenvalue weighted by atomic mass is 16.5. The Balaban J connectivity index is 1.83. The summed E-state index contributed by atoms with van der Waals surface area (Å²) in [5.74, 6) is 1.65. The van der Waals surface area contributed by atoms with Crippen LogP contribution in [-0.2, 0) is 4.79 Å². The van der Waals surface area contributed by atoms with Crippen LogP contribution in [0.5, 0.6) is 5.75 Å². The van der Waals surface area contributed by atoms with Crippen molar-refractivity contribution in [1.82, 2.24) is 0 Å². The number of Topliss-reactive ketones (excluding diaryl/α,β-unsaturated/α-hetero) is 1. The molecule has 0 heterocycles. The lowest BCUT2D eigenvalue weighted by Crippen LogP contribution is -2.38. The van der Waals surface area contributed by atoms with E-state index in [9.17, 15) is 4.79 Å². The molecule has 2 bridgehead atoms. The van der Waals surface area contributed by atoms with Crippen LogP contribution in [0.25, 0.3) is 0 Å². The smallest absolute Gasteiger partial charge is 0.161 e. The Hall–Kier alpha value is -1.51. The van der Waals surface area contributed by atoms with Crippen LogP contribution in [0.15, 0.2) is 24.3 Å². The van der Waals surface area contributed by atoms with E-state index < -0.39 is 0 Å². The highest BCUT2D eigenvalue weighted by Gasteiger charge is 2.66. The van der Waals surface area contributed by atoms with Gasteiger partial charge in [0.25, 0.3) is 0 Å². The minimum atomic E-state index is -0.165. The molecule has 3 atom stereocenters. The molecule has 1 aromatic carbocycles. The normalized spacial score (nSPS) is 34.3. The van der Waals surface area contributed by atoms with E-state index in [0.717, 1.165) is 24.3 Å². The summed E-state index contributed by atoms with van der Waals surface area (Å²) in [4.78, 5) is 12.7. The summed E-state index contributed by atoms with van der Waals surface area (Å²) >= 11 is 0. The van der Waals surface area contributed by atoms with Gasteiger partial charge in [-0.2, -0.15) is 0 Å². The number of methoxy groups -OCH3 is 1. The van der Waals surface area contributed by atoms with Crippen molar-refractivity contribution < 1.29 is 9.53 Å². The van der Waals surface area contributed by atoms with Crippen molar-refractivity contribution >= 4 is 11.5 Å². The van der Waals surface area contributed by atoms with E-state index >= 15 is 0 Å². The Morgan fingerprint density at radius 1 is 1.20 bits per heavy atom. The zero-order chi connectivity index (χ0) is 14.5. The molecule has 0 saturated heterocycles. The van der Waals surface area contributed by atoms with Gasteiger partial charge in [-0.25, -0.2) is 0 Å². The van der Waals surface area contributed by atoms with Gasteiger partial charge in [0.05, 0.1) is 13.2 Å². The quantitative estimate of drug-likeness (QED) is 0.916. The molecule has 108 valence electrons. The van der Waals surface area contributed by atoms with Gasteiger partial charge in [0.15, 0.2) is 5.78 Å². The first-order valence-electron chi connectivity index (χ1n) is 7.35. The summed E-state index contributed by atoms with van der Waals surface area (Å²) in [7, 11) is 1.66. The zero-order valence-corrected chi connectivity index (χ0v) is 12.7. The van der Waals surface area contributed by atoms with E-state index in [2.05, 4.69) is 26.1 Å². The summed E-state index contributed by atoms with van der Waals surface area (Å²) < 4.78 is 5.16. The van der Waals surface area contributed by atoms with Crippen molar-refractivity contribution in [3.8, 4) is 5.75 Å². The minimum Gasteiger partial charge on any atom is -0.497 e. The lowest BCUT2D eigenvalue weighted by atomic mass is 9.70. The maximum Gasteiger partial charge on any atom is 0.161 e. The fourth-order valence-corrected chi connectivity index (χ4v) is 4.12. The maximum absolute atomic E-state index is 12.7. The van der Waals surface area contributed by atoms with Gasteiger partial charge in [-0.3, -0.25) is 4.79 Å². The average Bonchev–Trinajstić information content (AvgIpc) is 2.74. The molecule has 1 aromatic rings. The number of anilines is 1. The molecule has 2 aliphatic carbocycles. The number of ether oxygens (including phenoxy) is 1. The van der Waals surface area contributed by atoms with Gasteiger partial charge in [-0.15, -0.1) is 0 Å². The Labute approximate surface area is 120 Å². The van der Waals surface area contributed by atoms with Crippen molar-refractivity contribution in [3.63, 3.8) is 0 Å². The van der Waals surface area contributed by atoms with Gasteiger partial charge in [-0.05, 0) is 48.4 Å². The number of carbonyl (C=O) groups excluding carboxylic acids is 1. The van der Waals surface area contributed by atoms with Crippen molar-refractivity contribution in [3.05, 3.63) is 24.3 Å². The molecule has 0 spiro atoms. The van der Waals surface area contributed by atoms with E-state index in [0.29, 0.717) is 11.7 Å². The van der Waals surface area contributed by atoms with Crippen LogP contribution in [0.2, 0.25) is 0 Å². The highest BCUT2D eigenvalue weighted by molar-refractivity contribution is 5.96. The van der Waals surface area contributed by atoms with Crippen molar-refractivity contribution in [2.24, 2.45) is 16.7 Å². The molecule has 3 nitrogen and oxygen atoms in total. The van der Waals surface area contributed by atoms with E-state index in [-0.39, 0.29) is 16.9 Å². The van der Waals surface area contributed by atoms with E-state index in [4.69, 9.17) is 4.74 Å². The fraction of sp³-hybridized carbons (Fsp3) is 0.588. The second-order valence-corrected chi connectivity index (χ2v) is 6.91. The summed E-state index contributed by atoms with van der Waals surface area (Å²) in [6.07, 6.45) is 2.17. The first-order valence-corrected chi connectivity index (χ1v) is 7.35. The summed E-state index contributed by atoms with van der Waals surface area (Å²) in [6.45, 7) is 6.64. The molecule has 0 radical (unpaired) electrons. The van der Waals surface area contributed by atoms with Crippen LogP contribution in [-0.4, -0.2) is 18.9 Å². The largest absolute Gasteiger partial charge is 0.497 e. The molecule has 0 aliphatic heterocycles.